The summed E-state index contributed by atoms with van der Waals surface area (Å²) >= 11 is 3.34. The van der Waals surface area contributed by atoms with E-state index in [1.54, 1.807) is 35.2 Å². The van der Waals surface area contributed by atoms with Crippen molar-refractivity contribution in [2.45, 2.75) is 49.1 Å². The van der Waals surface area contributed by atoms with Gasteiger partial charge in [-0.3, -0.25) is 14.7 Å². The lowest BCUT2D eigenvalue weighted by Gasteiger charge is -2.25. The summed E-state index contributed by atoms with van der Waals surface area (Å²) in [7, 11) is 0. The number of non-ortho nitro benzene ring substituents is 1. The van der Waals surface area contributed by atoms with Gasteiger partial charge >= 0.3 is 0 Å². The standard InChI is InChI=1S/C19H20N4O2S2/c24-23(25)16-10-8-14(9-11-16)13-27-19-21-20-18(17-7-4-12-26-17)22(19)15-5-2-1-3-6-15/h4,7-12,15H,1-3,5-6,13H2. The number of thioether (sulfide) groups is 1. The minimum atomic E-state index is -0.371. The molecule has 0 spiro atoms. The predicted octanol–water partition coefficient (Wildman–Crippen LogP) is 5.71. The van der Waals surface area contributed by atoms with Gasteiger partial charge in [0.1, 0.15) is 0 Å². The minimum absolute atomic E-state index is 0.120. The molecule has 1 aromatic carbocycles. The van der Waals surface area contributed by atoms with Gasteiger partial charge in [-0.15, -0.1) is 21.5 Å². The Morgan fingerprint density at radius 3 is 2.59 bits per heavy atom. The highest BCUT2D eigenvalue weighted by molar-refractivity contribution is 7.98. The zero-order valence-electron chi connectivity index (χ0n) is 14.8. The number of rotatable bonds is 6. The SMILES string of the molecule is O=[N+]([O-])c1ccc(CSc2nnc(-c3cccs3)n2C2CCCCC2)cc1. The Balaban J connectivity index is 1.57. The van der Waals surface area contributed by atoms with Gasteiger partial charge in [0.2, 0.25) is 0 Å². The lowest BCUT2D eigenvalue weighted by Crippen LogP contribution is -2.14. The van der Waals surface area contributed by atoms with E-state index >= 15 is 0 Å². The summed E-state index contributed by atoms with van der Waals surface area (Å²) in [5.41, 5.74) is 1.16. The van der Waals surface area contributed by atoms with Crippen LogP contribution in [0.5, 0.6) is 0 Å². The van der Waals surface area contributed by atoms with Crippen LogP contribution in [0.15, 0.2) is 46.9 Å². The Hall–Kier alpha value is -2.19. The average molecular weight is 401 g/mol. The summed E-state index contributed by atoms with van der Waals surface area (Å²) in [5.74, 6) is 1.68. The second-order valence-corrected chi connectivity index (χ2v) is 8.55. The molecule has 2 heterocycles. The molecule has 2 aromatic heterocycles. The van der Waals surface area contributed by atoms with Gasteiger partial charge in [-0.2, -0.15) is 0 Å². The minimum Gasteiger partial charge on any atom is -0.298 e. The molecule has 140 valence electrons. The number of thiophene rings is 1. The summed E-state index contributed by atoms with van der Waals surface area (Å²) in [6.07, 6.45) is 6.14. The molecule has 1 saturated carbocycles. The largest absolute Gasteiger partial charge is 0.298 e. The van der Waals surface area contributed by atoms with Gasteiger partial charge in [0.05, 0.1) is 9.80 Å². The molecule has 4 rings (SSSR count). The molecule has 0 radical (unpaired) electrons. The number of nitro benzene ring substituents is 1. The number of aromatic nitrogens is 3. The monoisotopic (exact) mass is 400 g/mol. The third-order valence-corrected chi connectivity index (χ3v) is 6.74. The highest BCUT2D eigenvalue weighted by Gasteiger charge is 2.24. The maximum Gasteiger partial charge on any atom is 0.269 e. The summed E-state index contributed by atoms with van der Waals surface area (Å²) in [5, 5.41) is 22.8. The quantitative estimate of drug-likeness (QED) is 0.301. The molecule has 6 nitrogen and oxygen atoms in total. The van der Waals surface area contributed by atoms with Gasteiger partial charge in [-0.1, -0.05) is 49.2 Å². The van der Waals surface area contributed by atoms with E-state index < -0.39 is 0 Å². The molecule has 0 bridgehead atoms. The van der Waals surface area contributed by atoms with Gasteiger partial charge < -0.3 is 0 Å². The van der Waals surface area contributed by atoms with Crippen LogP contribution in [-0.4, -0.2) is 19.7 Å². The van der Waals surface area contributed by atoms with Crippen molar-refractivity contribution in [2.24, 2.45) is 0 Å². The molecule has 3 aromatic rings. The van der Waals surface area contributed by atoms with Crippen LogP contribution in [0.1, 0.15) is 43.7 Å². The van der Waals surface area contributed by atoms with Crippen molar-refractivity contribution >= 4 is 28.8 Å². The lowest BCUT2D eigenvalue weighted by atomic mass is 9.95. The maximum absolute atomic E-state index is 10.8. The number of hydrogen-bond donors (Lipinski definition) is 0. The Bertz CT molecular complexity index is 900. The van der Waals surface area contributed by atoms with E-state index in [1.165, 1.54) is 32.1 Å². The fourth-order valence-corrected chi connectivity index (χ4v) is 5.15. The first-order valence-electron chi connectivity index (χ1n) is 9.07. The number of nitrogens with zero attached hydrogens (tertiary/aromatic N) is 4. The van der Waals surface area contributed by atoms with Crippen molar-refractivity contribution in [1.29, 1.82) is 0 Å². The van der Waals surface area contributed by atoms with Crippen molar-refractivity contribution in [3.05, 3.63) is 57.5 Å². The van der Waals surface area contributed by atoms with Gasteiger partial charge in [0.25, 0.3) is 5.69 Å². The number of nitro groups is 1. The zero-order chi connectivity index (χ0) is 18.6. The van der Waals surface area contributed by atoms with Crippen molar-refractivity contribution in [2.75, 3.05) is 0 Å². The topological polar surface area (TPSA) is 73.8 Å². The Kier molecular flexibility index (Phi) is 5.54. The summed E-state index contributed by atoms with van der Waals surface area (Å²) in [6, 6.07) is 11.3. The molecule has 1 aliphatic carbocycles. The van der Waals surface area contributed by atoms with Crippen LogP contribution in [0.3, 0.4) is 0 Å². The molecule has 0 atom stereocenters. The van der Waals surface area contributed by atoms with Crippen LogP contribution >= 0.6 is 23.1 Å². The van der Waals surface area contributed by atoms with Crippen LogP contribution in [0.4, 0.5) is 5.69 Å². The van der Waals surface area contributed by atoms with Gasteiger partial charge in [0, 0.05) is 23.9 Å². The Morgan fingerprint density at radius 1 is 1.15 bits per heavy atom. The first-order chi connectivity index (χ1) is 13.2. The molecule has 27 heavy (non-hydrogen) atoms. The normalized spacial score (nSPS) is 15.1. The molecule has 0 unspecified atom stereocenters. The van der Waals surface area contributed by atoms with Crippen LogP contribution in [-0.2, 0) is 5.75 Å². The molecule has 0 amide bonds. The summed E-state index contributed by atoms with van der Waals surface area (Å²) < 4.78 is 2.32. The fraction of sp³-hybridized carbons (Fsp3) is 0.368. The molecule has 1 aliphatic rings. The Morgan fingerprint density at radius 2 is 1.93 bits per heavy atom. The van der Waals surface area contributed by atoms with Crippen LogP contribution < -0.4 is 0 Å². The van der Waals surface area contributed by atoms with Gasteiger partial charge in [-0.05, 0) is 29.9 Å². The molecular weight excluding hydrogens is 380 g/mol. The number of hydrogen-bond acceptors (Lipinski definition) is 6. The molecule has 8 heteroatoms. The van der Waals surface area contributed by atoms with E-state index in [1.807, 2.05) is 18.2 Å². The number of benzene rings is 1. The highest BCUT2D eigenvalue weighted by Crippen LogP contribution is 2.37. The van der Waals surface area contributed by atoms with Crippen LogP contribution in [0.25, 0.3) is 10.7 Å². The third-order valence-electron chi connectivity index (χ3n) is 4.86. The maximum atomic E-state index is 10.8. The van der Waals surface area contributed by atoms with Gasteiger partial charge in [0.15, 0.2) is 11.0 Å². The summed E-state index contributed by atoms with van der Waals surface area (Å²) in [4.78, 5) is 11.6. The molecule has 0 saturated heterocycles. The molecule has 0 aliphatic heterocycles. The summed E-state index contributed by atoms with van der Waals surface area (Å²) in [6.45, 7) is 0. The first kappa shape index (κ1) is 18.2. The van der Waals surface area contributed by atoms with Crippen molar-refractivity contribution in [1.82, 2.24) is 14.8 Å². The Labute approximate surface area is 165 Å². The fourth-order valence-electron chi connectivity index (χ4n) is 3.48. The van der Waals surface area contributed by atoms with E-state index in [0.29, 0.717) is 11.8 Å². The van der Waals surface area contributed by atoms with Crippen molar-refractivity contribution in [3.63, 3.8) is 0 Å². The highest BCUT2D eigenvalue weighted by atomic mass is 32.2. The first-order valence-corrected chi connectivity index (χ1v) is 10.9. The van der Waals surface area contributed by atoms with Crippen molar-refractivity contribution in [3.8, 4) is 10.7 Å². The smallest absolute Gasteiger partial charge is 0.269 e. The molecule has 0 N–H and O–H groups in total. The average Bonchev–Trinajstić information content (AvgIpc) is 3.37. The van der Waals surface area contributed by atoms with E-state index in [-0.39, 0.29) is 10.6 Å². The van der Waals surface area contributed by atoms with E-state index in [2.05, 4.69) is 26.2 Å². The van der Waals surface area contributed by atoms with Crippen molar-refractivity contribution < 1.29 is 4.92 Å². The van der Waals surface area contributed by atoms with E-state index in [0.717, 1.165) is 21.4 Å². The van der Waals surface area contributed by atoms with Crippen LogP contribution in [0, 0.1) is 10.1 Å². The second kappa shape index (κ2) is 8.22. The lowest BCUT2D eigenvalue weighted by molar-refractivity contribution is -0.384. The second-order valence-electron chi connectivity index (χ2n) is 6.66. The zero-order valence-corrected chi connectivity index (χ0v) is 16.4. The van der Waals surface area contributed by atoms with E-state index in [4.69, 9.17) is 0 Å². The van der Waals surface area contributed by atoms with E-state index in [9.17, 15) is 10.1 Å². The molecule has 1 fully saturated rings. The van der Waals surface area contributed by atoms with Crippen LogP contribution in [0.2, 0.25) is 0 Å². The van der Waals surface area contributed by atoms with Gasteiger partial charge in [-0.25, -0.2) is 0 Å². The third kappa shape index (κ3) is 4.06. The predicted molar refractivity (Wildman–Crippen MR) is 108 cm³/mol. The molecular formula is C19H20N4O2S2.